The molecule has 0 saturated carbocycles. The molecule has 7 heteroatoms. The van der Waals surface area contributed by atoms with Gasteiger partial charge in [-0.2, -0.15) is 0 Å². The Balaban J connectivity index is 2.07. The Morgan fingerprint density at radius 3 is 3.11 bits per heavy atom. The maximum atomic E-state index is 12.4. The molecule has 0 spiro atoms. The summed E-state index contributed by atoms with van der Waals surface area (Å²) in [6, 6.07) is 0. The summed E-state index contributed by atoms with van der Waals surface area (Å²) in [4.78, 5) is 18.9. The van der Waals surface area contributed by atoms with E-state index in [4.69, 9.17) is 10.5 Å². The van der Waals surface area contributed by atoms with Crippen molar-refractivity contribution in [3.8, 4) is 0 Å². The van der Waals surface area contributed by atoms with E-state index in [-0.39, 0.29) is 12.0 Å². The third-order valence-electron chi connectivity index (χ3n) is 3.13. The highest BCUT2D eigenvalue weighted by Crippen LogP contribution is 2.27. The van der Waals surface area contributed by atoms with Gasteiger partial charge in [0, 0.05) is 26.7 Å². The number of anilines is 2. The van der Waals surface area contributed by atoms with Gasteiger partial charge in [0.05, 0.1) is 6.10 Å². The fourth-order valence-electron chi connectivity index (χ4n) is 2.23. The first-order chi connectivity index (χ1) is 9.15. The fraction of sp³-hybridized carbons (Fsp3) is 0.667. The van der Waals surface area contributed by atoms with Crippen LogP contribution in [-0.4, -0.2) is 48.6 Å². The molecule has 1 fully saturated rings. The predicted molar refractivity (Wildman–Crippen MR) is 76.6 cm³/mol. The molecule has 1 amide bonds. The van der Waals surface area contributed by atoms with E-state index in [0.29, 0.717) is 29.0 Å². The summed E-state index contributed by atoms with van der Waals surface area (Å²) in [5.74, 6) is 0.263. The summed E-state index contributed by atoms with van der Waals surface area (Å²) in [7, 11) is 1.76. The molecular weight excluding hydrogens is 264 g/mol. The second kappa shape index (κ2) is 6.21. The highest BCUT2D eigenvalue weighted by molar-refractivity contribution is 7.18. The van der Waals surface area contributed by atoms with E-state index < -0.39 is 0 Å². The molecule has 0 radical (unpaired) electrons. The first-order valence-electron chi connectivity index (χ1n) is 6.50. The quantitative estimate of drug-likeness (QED) is 0.873. The molecule has 0 aromatic carbocycles. The van der Waals surface area contributed by atoms with E-state index in [2.05, 4.69) is 10.3 Å². The maximum Gasteiger partial charge on any atom is 0.267 e. The molecule has 3 N–H and O–H groups in total. The fourth-order valence-corrected chi connectivity index (χ4v) is 3.04. The van der Waals surface area contributed by atoms with Crippen LogP contribution in [0.3, 0.4) is 0 Å². The van der Waals surface area contributed by atoms with E-state index >= 15 is 0 Å². The van der Waals surface area contributed by atoms with Crippen molar-refractivity contribution in [2.75, 3.05) is 37.8 Å². The second-order valence-electron chi connectivity index (χ2n) is 4.45. The summed E-state index contributed by atoms with van der Waals surface area (Å²) in [5, 5.41) is 3.57. The van der Waals surface area contributed by atoms with E-state index in [1.165, 1.54) is 11.3 Å². The number of hydrogen-bond donors (Lipinski definition) is 2. The molecule has 2 heterocycles. The van der Waals surface area contributed by atoms with Crippen LogP contribution in [0.25, 0.3) is 0 Å². The molecule has 2 rings (SSSR count). The zero-order chi connectivity index (χ0) is 13.8. The summed E-state index contributed by atoms with van der Waals surface area (Å²) >= 11 is 1.30. The third kappa shape index (κ3) is 3.16. The number of likely N-dealkylation sites (tertiary alicyclic amines) is 1. The Bertz CT molecular complexity index is 447. The number of rotatable bonds is 4. The average Bonchev–Trinajstić information content (AvgIpc) is 2.80. The van der Waals surface area contributed by atoms with Crippen molar-refractivity contribution < 1.29 is 9.53 Å². The van der Waals surface area contributed by atoms with Gasteiger partial charge in [-0.25, -0.2) is 4.98 Å². The lowest BCUT2D eigenvalue weighted by Crippen LogP contribution is -2.43. The molecule has 0 aliphatic carbocycles. The second-order valence-corrected chi connectivity index (χ2v) is 5.45. The third-order valence-corrected chi connectivity index (χ3v) is 4.21. The Labute approximate surface area is 116 Å². The molecule has 1 atom stereocenters. The van der Waals surface area contributed by atoms with Gasteiger partial charge >= 0.3 is 0 Å². The molecule has 1 aliphatic rings. The normalized spacial score (nSPS) is 19.5. The van der Waals surface area contributed by atoms with Crippen LogP contribution < -0.4 is 11.1 Å². The largest absolute Gasteiger partial charge is 0.382 e. The van der Waals surface area contributed by atoms with E-state index in [0.717, 1.165) is 19.4 Å². The SMILES string of the molecule is CCOC1CCCN(C(=O)c2sc(NC)nc2N)C1. The lowest BCUT2D eigenvalue weighted by Gasteiger charge is -2.32. The van der Waals surface area contributed by atoms with Crippen LogP contribution >= 0.6 is 11.3 Å². The van der Waals surface area contributed by atoms with E-state index in [1.807, 2.05) is 11.8 Å². The molecule has 106 valence electrons. The molecule has 6 nitrogen and oxygen atoms in total. The van der Waals surface area contributed by atoms with Crippen LogP contribution in [0.1, 0.15) is 29.4 Å². The van der Waals surface area contributed by atoms with Gasteiger partial charge in [-0.15, -0.1) is 0 Å². The number of nitrogens with one attached hydrogen (secondary N) is 1. The Kier molecular flexibility index (Phi) is 4.60. The molecule has 0 bridgehead atoms. The topological polar surface area (TPSA) is 80.5 Å². The number of nitrogens with two attached hydrogens (primary N) is 1. The van der Waals surface area contributed by atoms with Crippen LogP contribution in [-0.2, 0) is 4.74 Å². The minimum atomic E-state index is -0.0408. The molecular formula is C12H20N4O2S. The van der Waals surface area contributed by atoms with Gasteiger partial charge in [-0.1, -0.05) is 11.3 Å². The van der Waals surface area contributed by atoms with Crippen molar-refractivity contribution in [2.45, 2.75) is 25.9 Å². The van der Waals surface area contributed by atoms with Crippen molar-refractivity contribution in [2.24, 2.45) is 0 Å². The average molecular weight is 284 g/mol. The Hall–Kier alpha value is -1.34. The summed E-state index contributed by atoms with van der Waals surface area (Å²) in [6.45, 7) is 4.05. The van der Waals surface area contributed by atoms with Crippen molar-refractivity contribution in [3.63, 3.8) is 0 Å². The van der Waals surface area contributed by atoms with Gasteiger partial charge in [-0.3, -0.25) is 4.79 Å². The van der Waals surface area contributed by atoms with Crippen molar-refractivity contribution in [1.82, 2.24) is 9.88 Å². The summed E-state index contributed by atoms with van der Waals surface area (Å²) < 4.78 is 5.61. The van der Waals surface area contributed by atoms with Crippen molar-refractivity contribution in [1.29, 1.82) is 0 Å². The first-order valence-corrected chi connectivity index (χ1v) is 7.32. The number of aromatic nitrogens is 1. The highest BCUT2D eigenvalue weighted by Gasteiger charge is 2.27. The van der Waals surface area contributed by atoms with Gasteiger partial charge in [0.15, 0.2) is 5.13 Å². The summed E-state index contributed by atoms with van der Waals surface area (Å²) in [5.41, 5.74) is 5.80. The van der Waals surface area contributed by atoms with Crippen molar-refractivity contribution >= 4 is 28.2 Å². The van der Waals surface area contributed by atoms with Crippen LogP contribution in [0.2, 0.25) is 0 Å². The number of piperidine rings is 1. The zero-order valence-electron chi connectivity index (χ0n) is 11.3. The van der Waals surface area contributed by atoms with E-state index in [9.17, 15) is 4.79 Å². The summed E-state index contributed by atoms with van der Waals surface area (Å²) in [6.07, 6.45) is 2.12. The number of thiazole rings is 1. The molecule has 1 unspecified atom stereocenters. The molecule has 1 saturated heterocycles. The van der Waals surface area contributed by atoms with Crippen LogP contribution in [0.4, 0.5) is 10.9 Å². The Morgan fingerprint density at radius 1 is 1.68 bits per heavy atom. The number of carbonyl (C=O) groups is 1. The Morgan fingerprint density at radius 2 is 2.47 bits per heavy atom. The number of nitrogens with zero attached hydrogens (tertiary/aromatic N) is 2. The molecule has 19 heavy (non-hydrogen) atoms. The van der Waals surface area contributed by atoms with Gasteiger partial charge in [0.25, 0.3) is 5.91 Å². The van der Waals surface area contributed by atoms with Crippen LogP contribution in [0.15, 0.2) is 0 Å². The number of ether oxygens (including phenoxy) is 1. The van der Waals surface area contributed by atoms with Gasteiger partial charge < -0.3 is 20.7 Å². The molecule has 1 aromatic rings. The monoisotopic (exact) mass is 284 g/mol. The van der Waals surface area contributed by atoms with E-state index in [1.54, 1.807) is 7.05 Å². The smallest absolute Gasteiger partial charge is 0.267 e. The lowest BCUT2D eigenvalue weighted by molar-refractivity contribution is 0.00745. The minimum absolute atomic E-state index is 0.0408. The lowest BCUT2D eigenvalue weighted by atomic mass is 10.1. The molecule has 1 aromatic heterocycles. The minimum Gasteiger partial charge on any atom is -0.382 e. The van der Waals surface area contributed by atoms with Gasteiger partial charge in [0.2, 0.25) is 0 Å². The van der Waals surface area contributed by atoms with Crippen LogP contribution in [0.5, 0.6) is 0 Å². The standard InChI is InChI=1S/C12H20N4O2S/c1-3-18-8-5-4-6-16(7-8)11(17)9-10(13)15-12(14-2)19-9/h8H,3-7,13H2,1-2H3,(H,14,15). The first kappa shape index (κ1) is 14.1. The molecule has 1 aliphatic heterocycles. The predicted octanol–water partition coefficient (Wildman–Crippen LogP) is 1.41. The number of hydrogen-bond acceptors (Lipinski definition) is 6. The van der Waals surface area contributed by atoms with Gasteiger partial charge in [-0.05, 0) is 19.8 Å². The zero-order valence-corrected chi connectivity index (χ0v) is 12.1. The highest BCUT2D eigenvalue weighted by atomic mass is 32.1. The number of amides is 1. The number of nitrogen functional groups attached to an aromatic ring is 1. The van der Waals surface area contributed by atoms with Crippen molar-refractivity contribution in [3.05, 3.63) is 4.88 Å². The maximum absolute atomic E-state index is 12.4. The number of carbonyl (C=O) groups excluding carboxylic acids is 1. The van der Waals surface area contributed by atoms with Crippen LogP contribution in [0, 0.1) is 0 Å². The van der Waals surface area contributed by atoms with Gasteiger partial charge in [0.1, 0.15) is 10.7 Å².